The number of carbonyl (C=O) groups excluding carboxylic acids is 1. The molecule has 0 bridgehead atoms. The highest BCUT2D eigenvalue weighted by atomic mass is 35.5. The lowest BCUT2D eigenvalue weighted by molar-refractivity contribution is 0.121. The van der Waals surface area contributed by atoms with E-state index in [1.807, 2.05) is 19.1 Å². The Morgan fingerprint density at radius 2 is 1.94 bits per heavy atom. The summed E-state index contributed by atoms with van der Waals surface area (Å²) in [5.41, 5.74) is 3.18. The van der Waals surface area contributed by atoms with Gasteiger partial charge in [0.15, 0.2) is 11.5 Å². The van der Waals surface area contributed by atoms with Gasteiger partial charge in [-0.05, 0) is 39.0 Å². The largest absolute Gasteiger partial charge is 0.441 e. The van der Waals surface area contributed by atoms with E-state index in [9.17, 15) is 13.2 Å². The van der Waals surface area contributed by atoms with Crippen molar-refractivity contribution >= 4 is 39.2 Å². The molecule has 0 spiro atoms. The maximum atomic E-state index is 12.6. The summed E-state index contributed by atoms with van der Waals surface area (Å²) in [6, 6.07) is 8.63. The van der Waals surface area contributed by atoms with Crippen LogP contribution in [0.1, 0.15) is 29.8 Å². The van der Waals surface area contributed by atoms with Gasteiger partial charge in [0.2, 0.25) is 10.0 Å². The van der Waals surface area contributed by atoms with Crippen LogP contribution < -0.4 is 10.0 Å². The van der Waals surface area contributed by atoms with Crippen LogP contribution in [0.15, 0.2) is 30.3 Å². The van der Waals surface area contributed by atoms with Gasteiger partial charge in [0.1, 0.15) is 6.10 Å². The Morgan fingerprint density at radius 3 is 2.59 bits per heavy atom. The first-order valence-corrected chi connectivity index (χ1v) is 11.8. The van der Waals surface area contributed by atoms with Gasteiger partial charge in [-0.3, -0.25) is 10.0 Å². The molecule has 2 N–H and O–H groups in total. The third-order valence-corrected chi connectivity index (χ3v) is 5.48. The average Bonchev–Trinajstić information content (AvgIpc) is 3.04. The topological polar surface area (TPSA) is 128 Å². The number of hydrogen-bond acceptors (Lipinski definition) is 7. The summed E-state index contributed by atoms with van der Waals surface area (Å²) in [6.07, 6.45) is -0.246. The van der Waals surface area contributed by atoms with Crippen molar-refractivity contribution in [1.29, 1.82) is 0 Å². The molecule has 0 saturated heterocycles. The van der Waals surface area contributed by atoms with Crippen LogP contribution in [0.2, 0.25) is 5.02 Å². The molecule has 32 heavy (non-hydrogen) atoms. The third kappa shape index (κ3) is 5.54. The molecule has 0 fully saturated rings. The minimum absolute atomic E-state index is 0.272. The number of rotatable bonds is 6. The second kappa shape index (κ2) is 9.13. The van der Waals surface area contributed by atoms with Crippen molar-refractivity contribution in [2.75, 3.05) is 16.3 Å². The fourth-order valence-electron chi connectivity index (χ4n) is 3.00. The summed E-state index contributed by atoms with van der Waals surface area (Å²) in [7, 11) is -1.83. The Morgan fingerprint density at radius 1 is 1.22 bits per heavy atom. The molecule has 0 unspecified atom stereocenters. The van der Waals surface area contributed by atoms with Crippen LogP contribution in [0.5, 0.6) is 0 Å². The highest BCUT2D eigenvalue weighted by Crippen LogP contribution is 2.29. The number of ether oxygens (including phenoxy) is 1. The second-order valence-electron chi connectivity index (χ2n) is 7.31. The van der Waals surface area contributed by atoms with Gasteiger partial charge >= 0.3 is 6.09 Å². The van der Waals surface area contributed by atoms with Crippen molar-refractivity contribution in [1.82, 2.24) is 20.0 Å². The number of halogens is 1. The number of aromatic nitrogens is 4. The zero-order valence-corrected chi connectivity index (χ0v) is 19.7. The summed E-state index contributed by atoms with van der Waals surface area (Å²) >= 11 is 6.23. The first-order chi connectivity index (χ1) is 14.9. The van der Waals surface area contributed by atoms with E-state index in [-0.39, 0.29) is 5.82 Å². The normalized spacial score (nSPS) is 12.3. The third-order valence-electron chi connectivity index (χ3n) is 4.54. The van der Waals surface area contributed by atoms with E-state index in [1.165, 1.54) is 4.68 Å². The molecule has 3 rings (SSSR count). The summed E-state index contributed by atoms with van der Waals surface area (Å²) < 4.78 is 32.2. The summed E-state index contributed by atoms with van der Waals surface area (Å²) in [6.45, 7) is 5.30. The lowest BCUT2D eigenvalue weighted by Crippen LogP contribution is -2.18. The first kappa shape index (κ1) is 23.5. The molecule has 2 heterocycles. The van der Waals surface area contributed by atoms with Gasteiger partial charge in [0.25, 0.3) is 0 Å². The summed E-state index contributed by atoms with van der Waals surface area (Å²) in [4.78, 5) is 16.9. The maximum absolute atomic E-state index is 12.6. The lowest BCUT2D eigenvalue weighted by atomic mass is 10.1. The van der Waals surface area contributed by atoms with Crippen molar-refractivity contribution in [3.63, 3.8) is 0 Å². The van der Waals surface area contributed by atoms with E-state index >= 15 is 0 Å². The Labute approximate surface area is 191 Å². The smallest absolute Gasteiger partial charge is 0.413 e. The minimum Gasteiger partial charge on any atom is -0.441 e. The molecule has 0 aliphatic rings. The Hall–Kier alpha value is -3.18. The second-order valence-corrected chi connectivity index (χ2v) is 9.47. The van der Waals surface area contributed by atoms with E-state index in [0.717, 1.165) is 11.8 Å². The van der Waals surface area contributed by atoms with Crippen LogP contribution in [0, 0.1) is 13.8 Å². The number of pyridine rings is 1. The van der Waals surface area contributed by atoms with Gasteiger partial charge in [-0.25, -0.2) is 22.9 Å². The number of hydrogen-bond donors (Lipinski definition) is 2. The van der Waals surface area contributed by atoms with Crippen LogP contribution in [0.4, 0.5) is 16.3 Å². The fourth-order valence-corrected chi connectivity index (χ4v) is 3.88. The molecule has 0 radical (unpaired) electrons. The van der Waals surface area contributed by atoms with Crippen LogP contribution in [0.3, 0.4) is 0 Å². The summed E-state index contributed by atoms with van der Waals surface area (Å²) in [5, 5.41) is 11.2. The number of carbonyl (C=O) groups is 1. The highest BCUT2D eigenvalue weighted by Gasteiger charge is 2.21. The zero-order chi connectivity index (χ0) is 23.6. The number of amides is 1. The van der Waals surface area contributed by atoms with E-state index in [2.05, 4.69) is 25.3 Å². The standard InChI is InChI=1S/C20H23ClN6O4S/c1-11-6-7-15(21)14(10-11)13(3)31-20(28)23-19-18(24-26-27(19)4)17-9-8-16(12(2)22-17)25-32(5,29)30/h6-10,13,25H,1-5H3,(H,23,28)/t13-/m1/s1. The Bertz CT molecular complexity index is 1280. The zero-order valence-electron chi connectivity index (χ0n) is 18.2. The van der Waals surface area contributed by atoms with Crippen LogP contribution in [0.25, 0.3) is 11.4 Å². The summed E-state index contributed by atoms with van der Waals surface area (Å²) in [5.74, 6) is 0.272. The molecule has 1 atom stereocenters. The van der Waals surface area contributed by atoms with Crippen molar-refractivity contribution in [3.05, 3.63) is 52.2 Å². The van der Waals surface area contributed by atoms with Crippen molar-refractivity contribution in [2.24, 2.45) is 7.05 Å². The molecule has 1 amide bonds. The van der Waals surface area contributed by atoms with Gasteiger partial charge < -0.3 is 4.74 Å². The number of sulfonamides is 1. The average molecular weight is 479 g/mol. The number of aryl methyl sites for hydroxylation is 3. The monoisotopic (exact) mass is 478 g/mol. The quantitative estimate of drug-likeness (QED) is 0.550. The van der Waals surface area contributed by atoms with Crippen molar-refractivity contribution in [3.8, 4) is 11.4 Å². The molecular formula is C20H23ClN6O4S. The van der Waals surface area contributed by atoms with Gasteiger partial charge in [-0.15, -0.1) is 5.10 Å². The van der Waals surface area contributed by atoms with Gasteiger partial charge in [0.05, 0.1) is 23.3 Å². The molecule has 12 heteroatoms. The molecular weight excluding hydrogens is 456 g/mol. The molecule has 2 aromatic heterocycles. The number of anilines is 2. The molecule has 10 nitrogen and oxygen atoms in total. The Kier molecular flexibility index (Phi) is 6.70. The molecule has 170 valence electrons. The van der Waals surface area contributed by atoms with Gasteiger partial charge in [0, 0.05) is 17.6 Å². The highest BCUT2D eigenvalue weighted by molar-refractivity contribution is 7.92. The van der Waals surface area contributed by atoms with Gasteiger partial charge in [-0.1, -0.05) is 34.5 Å². The lowest BCUT2D eigenvalue weighted by Gasteiger charge is -2.16. The Balaban J connectivity index is 1.81. The van der Waals surface area contributed by atoms with E-state index in [4.69, 9.17) is 16.3 Å². The first-order valence-electron chi connectivity index (χ1n) is 9.54. The molecule has 1 aromatic carbocycles. The minimum atomic E-state index is -3.44. The molecule has 3 aromatic rings. The van der Waals surface area contributed by atoms with Gasteiger partial charge in [-0.2, -0.15) is 0 Å². The van der Waals surface area contributed by atoms with E-state index in [0.29, 0.717) is 33.4 Å². The molecule has 0 aliphatic carbocycles. The maximum Gasteiger partial charge on any atom is 0.413 e. The SMILES string of the molecule is Cc1ccc(Cl)c([C@@H](C)OC(=O)Nc2c(-c3ccc(NS(C)(=O)=O)c(C)n3)nnn2C)c1. The molecule has 0 aliphatic heterocycles. The van der Waals surface area contributed by atoms with Crippen LogP contribution >= 0.6 is 11.6 Å². The van der Waals surface area contributed by atoms with E-state index in [1.54, 1.807) is 39.1 Å². The van der Waals surface area contributed by atoms with E-state index < -0.39 is 22.2 Å². The number of nitrogens with zero attached hydrogens (tertiary/aromatic N) is 4. The van der Waals surface area contributed by atoms with Crippen molar-refractivity contribution < 1.29 is 17.9 Å². The number of nitrogens with one attached hydrogen (secondary N) is 2. The fraction of sp³-hybridized carbons (Fsp3) is 0.300. The number of benzene rings is 1. The predicted octanol–water partition coefficient (Wildman–Crippen LogP) is 3.83. The predicted molar refractivity (Wildman–Crippen MR) is 122 cm³/mol. The van der Waals surface area contributed by atoms with Crippen molar-refractivity contribution in [2.45, 2.75) is 26.9 Å². The molecule has 0 saturated carbocycles. The van der Waals surface area contributed by atoms with Crippen LogP contribution in [-0.4, -0.2) is 40.7 Å². The van der Waals surface area contributed by atoms with Crippen LogP contribution in [-0.2, 0) is 21.8 Å².